The van der Waals surface area contributed by atoms with Crippen LogP contribution in [0.2, 0.25) is 0 Å². The Labute approximate surface area is 103 Å². The van der Waals surface area contributed by atoms with E-state index in [0.29, 0.717) is 0 Å². The molecule has 13 heavy (non-hydrogen) atoms. The van der Waals surface area contributed by atoms with Crippen LogP contribution in [0.1, 0.15) is 20.3 Å². The van der Waals surface area contributed by atoms with Crippen LogP contribution < -0.4 is 0 Å². The van der Waals surface area contributed by atoms with Gasteiger partial charge in [-0.15, -0.1) is 0 Å². The topological polar surface area (TPSA) is 37.3 Å². The van der Waals surface area contributed by atoms with E-state index in [0.717, 1.165) is 6.42 Å². The van der Waals surface area contributed by atoms with Gasteiger partial charge in [-0.3, -0.25) is 4.79 Å². The minimum Gasteiger partial charge on any atom is -0.481 e. The lowest BCUT2D eigenvalue weighted by Crippen LogP contribution is -2.05. The Morgan fingerprint density at radius 1 is 1.46 bits per heavy atom. The van der Waals surface area contributed by atoms with Crippen LogP contribution in [-0.4, -0.2) is 13.2 Å². The fourth-order valence-electron chi connectivity index (χ4n) is 1.86. The van der Waals surface area contributed by atoms with Crippen molar-refractivity contribution in [3.8, 4) is 0 Å². The third-order valence-electron chi connectivity index (χ3n) is 2.77. The average molecular weight is 379 g/mol. The van der Waals surface area contributed by atoms with E-state index >= 15 is 0 Å². The molecule has 0 spiro atoms. The maximum Gasteiger partial charge on any atom is 0.307 e. The standard InChI is InChI=1S/C8H11Br3O2/c1-7(2)4(3-8(9,10)11)5(7)6(12)13/h4-5H,3H2,1-2H3,(H,12,13)/t4-,5+/m1/s1. The average Bonchev–Trinajstić information content (AvgIpc) is 2.28. The molecule has 1 N–H and O–H groups in total. The highest BCUT2D eigenvalue weighted by atomic mass is 80.0. The number of aliphatic carboxylic acids is 1. The number of carboxylic acid groups (broad SMARTS) is 1. The highest BCUT2D eigenvalue weighted by Crippen LogP contribution is 2.63. The van der Waals surface area contributed by atoms with Gasteiger partial charge in [0.15, 0.2) is 0 Å². The molecule has 0 unspecified atom stereocenters. The van der Waals surface area contributed by atoms with Crippen LogP contribution in [0.25, 0.3) is 0 Å². The quantitative estimate of drug-likeness (QED) is 0.746. The molecule has 0 saturated heterocycles. The molecular weight excluding hydrogens is 368 g/mol. The predicted molar refractivity (Wildman–Crippen MR) is 62.5 cm³/mol. The van der Waals surface area contributed by atoms with Gasteiger partial charge in [0.05, 0.1) is 5.92 Å². The zero-order valence-electron chi connectivity index (χ0n) is 7.35. The van der Waals surface area contributed by atoms with Gasteiger partial charge in [0.25, 0.3) is 0 Å². The number of hydrogen-bond donors (Lipinski definition) is 1. The van der Waals surface area contributed by atoms with Crippen molar-refractivity contribution in [2.24, 2.45) is 17.3 Å². The van der Waals surface area contributed by atoms with E-state index in [9.17, 15) is 4.79 Å². The Balaban J connectivity index is 2.61. The highest BCUT2D eigenvalue weighted by Gasteiger charge is 2.63. The minimum atomic E-state index is -0.688. The molecule has 2 atom stereocenters. The largest absolute Gasteiger partial charge is 0.481 e. The Morgan fingerprint density at radius 3 is 2.15 bits per heavy atom. The molecule has 0 bridgehead atoms. The molecule has 1 fully saturated rings. The van der Waals surface area contributed by atoms with Crippen molar-refractivity contribution in [3.63, 3.8) is 0 Å². The summed E-state index contributed by atoms with van der Waals surface area (Å²) in [5.41, 5.74) is -0.0770. The molecule has 1 aliphatic carbocycles. The molecule has 0 heterocycles. The SMILES string of the molecule is CC1(C)[C@H](CC(Br)(Br)Br)[C@H]1C(=O)O. The first-order valence-corrected chi connectivity index (χ1v) is 6.33. The molecule has 0 aromatic heterocycles. The Bertz CT molecular complexity index is 232. The van der Waals surface area contributed by atoms with Crippen LogP contribution >= 0.6 is 47.8 Å². The van der Waals surface area contributed by atoms with Crippen molar-refractivity contribution in [1.29, 1.82) is 0 Å². The normalized spacial score (nSPS) is 31.5. The van der Waals surface area contributed by atoms with Crippen LogP contribution in [-0.2, 0) is 4.79 Å². The van der Waals surface area contributed by atoms with Crippen LogP contribution in [0.4, 0.5) is 0 Å². The molecule has 1 saturated carbocycles. The molecule has 1 rings (SSSR count). The lowest BCUT2D eigenvalue weighted by atomic mass is 10.1. The Kier molecular flexibility index (Phi) is 3.22. The second-order valence-electron chi connectivity index (χ2n) is 4.06. The molecule has 76 valence electrons. The van der Waals surface area contributed by atoms with Crippen molar-refractivity contribution in [2.45, 2.75) is 22.4 Å². The molecular formula is C8H11Br3O2. The smallest absolute Gasteiger partial charge is 0.307 e. The summed E-state index contributed by atoms with van der Waals surface area (Å²) in [6.07, 6.45) is 0.761. The minimum absolute atomic E-state index is 0.0770. The third kappa shape index (κ3) is 2.69. The van der Waals surface area contributed by atoms with Crippen molar-refractivity contribution < 1.29 is 9.90 Å². The maximum absolute atomic E-state index is 10.8. The van der Waals surface area contributed by atoms with Gasteiger partial charge in [-0.25, -0.2) is 0 Å². The first kappa shape index (κ1) is 12.0. The monoisotopic (exact) mass is 376 g/mol. The number of halogens is 3. The van der Waals surface area contributed by atoms with E-state index in [1.54, 1.807) is 0 Å². The number of carbonyl (C=O) groups is 1. The maximum atomic E-state index is 10.8. The molecule has 0 aromatic carbocycles. The summed E-state index contributed by atoms with van der Waals surface area (Å²) in [7, 11) is 0. The summed E-state index contributed by atoms with van der Waals surface area (Å²) in [4.78, 5) is 10.8. The zero-order chi connectivity index (χ0) is 10.4. The van der Waals surface area contributed by atoms with E-state index in [-0.39, 0.29) is 19.4 Å². The number of alkyl halides is 3. The molecule has 5 heteroatoms. The van der Waals surface area contributed by atoms with Gasteiger partial charge in [-0.05, 0) is 17.8 Å². The fraction of sp³-hybridized carbons (Fsp3) is 0.875. The highest BCUT2D eigenvalue weighted by molar-refractivity contribution is 9.39. The van der Waals surface area contributed by atoms with Crippen LogP contribution in [0.3, 0.4) is 0 Å². The Morgan fingerprint density at radius 2 is 1.92 bits per heavy atom. The first-order valence-electron chi connectivity index (χ1n) is 3.96. The summed E-state index contributed by atoms with van der Waals surface area (Å²) >= 11 is 10.2. The van der Waals surface area contributed by atoms with Crippen molar-refractivity contribution in [2.75, 3.05) is 0 Å². The van der Waals surface area contributed by atoms with Gasteiger partial charge in [-0.2, -0.15) is 0 Å². The van der Waals surface area contributed by atoms with Gasteiger partial charge in [0.2, 0.25) is 0 Å². The molecule has 0 radical (unpaired) electrons. The molecule has 0 aliphatic heterocycles. The van der Waals surface area contributed by atoms with E-state index in [1.807, 2.05) is 13.8 Å². The number of rotatable bonds is 2. The second kappa shape index (κ2) is 3.49. The summed E-state index contributed by atoms with van der Waals surface area (Å²) in [5.74, 6) is -0.672. The molecule has 1 aliphatic rings. The number of carboxylic acids is 1. The predicted octanol–water partition coefficient (Wildman–Crippen LogP) is 3.57. The third-order valence-corrected chi connectivity index (χ3v) is 3.74. The number of hydrogen-bond acceptors (Lipinski definition) is 1. The molecule has 2 nitrogen and oxygen atoms in total. The summed E-state index contributed by atoms with van der Waals surface area (Å²) in [6.45, 7) is 3.99. The van der Waals surface area contributed by atoms with Gasteiger partial charge < -0.3 is 5.11 Å². The van der Waals surface area contributed by atoms with Gasteiger partial charge >= 0.3 is 5.97 Å². The fourth-order valence-corrected chi connectivity index (χ4v) is 2.91. The second-order valence-corrected chi connectivity index (χ2v) is 11.3. The van der Waals surface area contributed by atoms with E-state index in [4.69, 9.17) is 5.11 Å². The zero-order valence-corrected chi connectivity index (χ0v) is 12.1. The van der Waals surface area contributed by atoms with E-state index in [1.165, 1.54) is 0 Å². The van der Waals surface area contributed by atoms with Gasteiger partial charge in [0, 0.05) is 0 Å². The van der Waals surface area contributed by atoms with Crippen molar-refractivity contribution in [3.05, 3.63) is 0 Å². The van der Waals surface area contributed by atoms with Crippen LogP contribution in [0, 0.1) is 17.3 Å². The van der Waals surface area contributed by atoms with Crippen LogP contribution in [0.5, 0.6) is 0 Å². The van der Waals surface area contributed by atoms with E-state index in [2.05, 4.69) is 47.8 Å². The van der Waals surface area contributed by atoms with Gasteiger partial charge in [0.1, 0.15) is 2.14 Å². The van der Waals surface area contributed by atoms with E-state index < -0.39 is 5.97 Å². The summed E-state index contributed by atoms with van der Waals surface area (Å²) in [5, 5.41) is 8.91. The lowest BCUT2D eigenvalue weighted by Gasteiger charge is -2.11. The first-order chi connectivity index (χ1) is 5.66. The molecule has 0 aromatic rings. The van der Waals surface area contributed by atoms with Gasteiger partial charge in [-0.1, -0.05) is 61.6 Å². The van der Waals surface area contributed by atoms with Crippen LogP contribution in [0.15, 0.2) is 0 Å². The summed E-state index contributed by atoms with van der Waals surface area (Å²) < 4.78 is -0.320. The summed E-state index contributed by atoms with van der Waals surface area (Å²) in [6, 6.07) is 0. The van der Waals surface area contributed by atoms with Crippen molar-refractivity contribution in [1.82, 2.24) is 0 Å². The molecule has 0 amide bonds. The Hall–Kier alpha value is 0.910. The lowest BCUT2D eigenvalue weighted by molar-refractivity contribution is -0.139. The van der Waals surface area contributed by atoms with Crippen molar-refractivity contribution >= 4 is 53.8 Å².